The zero-order chi connectivity index (χ0) is 25.0. The second-order valence-corrected chi connectivity index (χ2v) is 11.6. The Morgan fingerprint density at radius 2 is 1.78 bits per heavy atom. The average molecular weight is 504 g/mol. The zero-order valence-corrected chi connectivity index (χ0v) is 21.3. The van der Waals surface area contributed by atoms with Gasteiger partial charge in [-0.05, 0) is 67.8 Å². The van der Waals surface area contributed by atoms with Crippen molar-refractivity contribution < 1.29 is 13.2 Å². The monoisotopic (exact) mass is 503 g/mol. The molecule has 4 heterocycles. The van der Waals surface area contributed by atoms with Crippen LogP contribution in [0.5, 0.6) is 0 Å². The fourth-order valence-corrected chi connectivity index (χ4v) is 7.20. The quantitative estimate of drug-likeness (QED) is 0.426. The van der Waals surface area contributed by atoms with Gasteiger partial charge in [0.2, 0.25) is 15.9 Å². The number of aromatic nitrogens is 2. The van der Waals surface area contributed by atoms with Crippen molar-refractivity contribution >= 4 is 44.0 Å². The topological polar surface area (TPSA) is 78.2 Å². The standard InChI is InChI=1S/C27H29N5O3S/c1-19-17-21-18-22(10-11-24(21)32(19)20(2)33)36(34,35)30-13-6-12-29(15-16-30)27-26-9-5-14-31(26)25-8-4-3-7-23(25)28-27/h3-5,7-11,14,18-19H,6,12-13,15-17H2,1-2H3/t19-/m1/s1. The van der Waals surface area contributed by atoms with E-state index < -0.39 is 10.0 Å². The summed E-state index contributed by atoms with van der Waals surface area (Å²) in [5, 5.41) is 0. The largest absolute Gasteiger partial charge is 0.353 e. The molecule has 9 heteroatoms. The maximum absolute atomic E-state index is 13.6. The summed E-state index contributed by atoms with van der Waals surface area (Å²) in [5.74, 6) is 0.859. The fraction of sp³-hybridized carbons (Fsp3) is 0.333. The van der Waals surface area contributed by atoms with E-state index in [9.17, 15) is 13.2 Å². The molecule has 1 saturated heterocycles. The van der Waals surface area contributed by atoms with Gasteiger partial charge in [-0.25, -0.2) is 13.4 Å². The molecule has 0 spiro atoms. The molecule has 0 unspecified atom stereocenters. The summed E-state index contributed by atoms with van der Waals surface area (Å²) in [6.07, 6.45) is 3.41. The van der Waals surface area contributed by atoms with Gasteiger partial charge < -0.3 is 14.2 Å². The molecule has 1 amide bonds. The van der Waals surface area contributed by atoms with Crippen molar-refractivity contribution in [2.75, 3.05) is 36.0 Å². The number of anilines is 2. The number of sulfonamides is 1. The van der Waals surface area contributed by atoms with Crippen LogP contribution in [0.1, 0.15) is 25.8 Å². The van der Waals surface area contributed by atoms with Crippen LogP contribution in [0.3, 0.4) is 0 Å². The number of amides is 1. The highest BCUT2D eigenvalue weighted by molar-refractivity contribution is 7.89. The Balaban J connectivity index is 1.27. The minimum atomic E-state index is -3.66. The molecule has 36 heavy (non-hydrogen) atoms. The number of nitrogens with zero attached hydrogens (tertiary/aromatic N) is 5. The first-order valence-electron chi connectivity index (χ1n) is 12.4. The molecule has 1 fully saturated rings. The molecule has 2 aliphatic rings. The van der Waals surface area contributed by atoms with Crippen LogP contribution in [-0.4, -0.2) is 60.2 Å². The van der Waals surface area contributed by atoms with Crippen molar-refractivity contribution in [1.29, 1.82) is 0 Å². The first-order valence-corrected chi connectivity index (χ1v) is 13.8. The molecule has 2 aromatic heterocycles. The number of carbonyl (C=O) groups is 1. The summed E-state index contributed by atoms with van der Waals surface area (Å²) in [7, 11) is -3.66. The van der Waals surface area contributed by atoms with Crippen LogP contribution in [-0.2, 0) is 21.2 Å². The van der Waals surface area contributed by atoms with Crippen molar-refractivity contribution in [3.05, 3.63) is 66.4 Å². The van der Waals surface area contributed by atoms with Gasteiger partial charge in [0, 0.05) is 51.0 Å². The first kappa shape index (κ1) is 23.0. The molecule has 0 aliphatic carbocycles. The lowest BCUT2D eigenvalue weighted by Gasteiger charge is -2.24. The number of rotatable bonds is 3. The Labute approximate surface area is 210 Å². The lowest BCUT2D eigenvalue weighted by Crippen LogP contribution is -2.35. The molecular weight excluding hydrogens is 474 g/mol. The van der Waals surface area contributed by atoms with Crippen molar-refractivity contribution in [3.63, 3.8) is 0 Å². The van der Waals surface area contributed by atoms with Crippen LogP contribution in [0.4, 0.5) is 11.5 Å². The number of fused-ring (bicyclic) bond motifs is 4. The molecule has 186 valence electrons. The summed E-state index contributed by atoms with van der Waals surface area (Å²) in [6, 6.07) is 17.3. The van der Waals surface area contributed by atoms with Gasteiger partial charge in [-0.15, -0.1) is 0 Å². The van der Waals surface area contributed by atoms with Crippen molar-refractivity contribution in [3.8, 4) is 0 Å². The SMILES string of the molecule is CC(=O)N1c2ccc(S(=O)(=O)N3CCCN(c4nc5ccccc5n5cccc45)CC3)cc2C[C@H]1C. The van der Waals surface area contributed by atoms with Gasteiger partial charge in [0.1, 0.15) is 0 Å². The Morgan fingerprint density at radius 1 is 0.972 bits per heavy atom. The van der Waals surface area contributed by atoms with Crippen molar-refractivity contribution in [1.82, 2.24) is 13.7 Å². The molecule has 2 aromatic carbocycles. The third-order valence-corrected chi connectivity index (χ3v) is 9.24. The van der Waals surface area contributed by atoms with Crippen LogP contribution in [0.15, 0.2) is 65.7 Å². The van der Waals surface area contributed by atoms with Crippen LogP contribution >= 0.6 is 0 Å². The van der Waals surface area contributed by atoms with Gasteiger partial charge in [-0.1, -0.05) is 12.1 Å². The maximum Gasteiger partial charge on any atom is 0.243 e. The van der Waals surface area contributed by atoms with Crippen molar-refractivity contribution in [2.24, 2.45) is 0 Å². The predicted molar refractivity (Wildman–Crippen MR) is 141 cm³/mol. The van der Waals surface area contributed by atoms with E-state index in [1.165, 1.54) is 0 Å². The summed E-state index contributed by atoms with van der Waals surface area (Å²) in [4.78, 5) is 21.3. The van der Waals surface area contributed by atoms with E-state index in [4.69, 9.17) is 4.98 Å². The molecule has 0 radical (unpaired) electrons. The minimum absolute atomic E-state index is 0.0242. The molecule has 0 bridgehead atoms. The highest BCUT2D eigenvalue weighted by Gasteiger charge is 2.33. The molecule has 0 saturated carbocycles. The average Bonchev–Trinajstić information content (AvgIpc) is 3.39. The summed E-state index contributed by atoms with van der Waals surface area (Å²) < 4.78 is 31.0. The highest BCUT2D eigenvalue weighted by atomic mass is 32.2. The number of carbonyl (C=O) groups excluding carboxylic acids is 1. The maximum atomic E-state index is 13.6. The second kappa shape index (κ2) is 8.60. The van der Waals surface area contributed by atoms with Gasteiger partial charge in [-0.2, -0.15) is 4.31 Å². The van der Waals surface area contributed by atoms with Crippen molar-refractivity contribution in [2.45, 2.75) is 37.6 Å². The molecule has 8 nitrogen and oxygen atoms in total. The molecule has 4 aromatic rings. The molecule has 0 N–H and O–H groups in total. The van der Waals surface area contributed by atoms with E-state index in [1.807, 2.05) is 37.4 Å². The summed E-state index contributed by atoms with van der Waals surface area (Å²) in [6.45, 7) is 5.67. The van der Waals surface area contributed by atoms with Gasteiger partial charge in [0.15, 0.2) is 5.82 Å². The highest BCUT2D eigenvalue weighted by Crippen LogP contribution is 2.35. The third kappa shape index (κ3) is 3.65. The van der Waals surface area contributed by atoms with E-state index in [0.29, 0.717) is 37.4 Å². The molecule has 2 aliphatic heterocycles. The molecule has 1 atom stereocenters. The van der Waals surface area contributed by atoms with Crippen LogP contribution in [0.25, 0.3) is 16.6 Å². The zero-order valence-electron chi connectivity index (χ0n) is 20.5. The van der Waals surface area contributed by atoms with Gasteiger partial charge in [-0.3, -0.25) is 4.79 Å². The fourth-order valence-electron chi connectivity index (χ4n) is 5.68. The smallest absolute Gasteiger partial charge is 0.243 e. The summed E-state index contributed by atoms with van der Waals surface area (Å²) >= 11 is 0. The van der Waals surface area contributed by atoms with E-state index in [-0.39, 0.29) is 11.9 Å². The van der Waals surface area contributed by atoms with E-state index >= 15 is 0 Å². The first-order chi connectivity index (χ1) is 17.3. The second-order valence-electron chi connectivity index (χ2n) is 9.66. The minimum Gasteiger partial charge on any atom is -0.353 e. The van der Waals surface area contributed by atoms with Gasteiger partial charge in [0.05, 0.1) is 21.4 Å². The van der Waals surface area contributed by atoms with Crippen LogP contribution < -0.4 is 9.80 Å². The summed E-state index contributed by atoms with van der Waals surface area (Å²) in [5.41, 5.74) is 4.71. The third-order valence-electron chi connectivity index (χ3n) is 7.34. The molecular formula is C27H29N5O3S. The van der Waals surface area contributed by atoms with Gasteiger partial charge >= 0.3 is 0 Å². The van der Waals surface area contributed by atoms with Crippen LogP contribution in [0.2, 0.25) is 0 Å². The van der Waals surface area contributed by atoms with E-state index in [2.05, 4.69) is 21.4 Å². The lowest BCUT2D eigenvalue weighted by molar-refractivity contribution is -0.116. The Morgan fingerprint density at radius 3 is 2.61 bits per heavy atom. The Bertz CT molecular complexity index is 1600. The number of hydrogen-bond acceptors (Lipinski definition) is 5. The normalized spacial score (nSPS) is 19.1. The van der Waals surface area contributed by atoms with Crippen LogP contribution in [0, 0.1) is 0 Å². The van der Waals surface area contributed by atoms with Gasteiger partial charge in [0.25, 0.3) is 0 Å². The predicted octanol–water partition coefficient (Wildman–Crippen LogP) is 3.69. The number of para-hydroxylation sites is 2. The number of hydrogen-bond donors (Lipinski definition) is 0. The molecule has 6 rings (SSSR count). The Kier molecular flexibility index (Phi) is 5.49. The number of benzene rings is 2. The van der Waals surface area contributed by atoms with E-state index in [1.54, 1.807) is 34.3 Å². The van der Waals surface area contributed by atoms with E-state index in [0.717, 1.165) is 40.2 Å². The Hall–Kier alpha value is -3.43. The lowest BCUT2D eigenvalue weighted by atomic mass is 10.1.